The van der Waals surface area contributed by atoms with E-state index < -0.39 is 0 Å². The van der Waals surface area contributed by atoms with Crippen LogP contribution in [0.2, 0.25) is 0 Å². The van der Waals surface area contributed by atoms with Gasteiger partial charge in [0.1, 0.15) is 5.01 Å². The summed E-state index contributed by atoms with van der Waals surface area (Å²) in [5.41, 5.74) is 0.816. The van der Waals surface area contributed by atoms with E-state index >= 15 is 0 Å². The summed E-state index contributed by atoms with van der Waals surface area (Å²) in [5, 5.41) is 6.37. The molecule has 1 fully saturated rings. The van der Waals surface area contributed by atoms with Crippen molar-refractivity contribution >= 4 is 17.3 Å². The molecule has 0 unspecified atom stereocenters. The van der Waals surface area contributed by atoms with Crippen LogP contribution >= 0.6 is 11.3 Å². The first-order valence-corrected chi connectivity index (χ1v) is 6.95. The van der Waals surface area contributed by atoms with Crippen molar-refractivity contribution in [3.05, 3.63) is 16.1 Å². The first kappa shape index (κ1) is 12.5. The van der Waals surface area contributed by atoms with E-state index in [0.717, 1.165) is 29.7 Å². The fraction of sp³-hybridized carbons (Fsp3) is 0.667. The molecule has 1 saturated carbocycles. The number of thiazole rings is 1. The minimum atomic E-state index is -0.199. The summed E-state index contributed by atoms with van der Waals surface area (Å²) in [5.74, 6) is 0.684. The van der Waals surface area contributed by atoms with Crippen LogP contribution in [0.15, 0.2) is 5.38 Å². The molecule has 0 spiro atoms. The molecule has 0 bridgehead atoms. The second kappa shape index (κ2) is 6.12. The summed E-state index contributed by atoms with van der Waals surface area (Å²) in [7, 11) is 0. The third-order valence-electron chi connectivity index (χ3n) is 2.64. The molecule has 0 aromatic carbocycles. The number of hydrogen-bond donors (Lipinski definition) is 1. The topological polar surface area (TPSA) is 51.2 Å². The van der Waals surface area contributed by atoms with Gasteiger partial charge in [0.25, 0.3) is 0 Å². The fourth-order valence-electron chi connectivity index (χ4n) is 1.58. The van der Waals surface area contributed by atoms with Crippen LogP contribution in [-0.4, -0.2) is 24.1 Å². The normalized spacial score (nSPS) is 14.9. The third kappa shape index (κ3) is 4.44. The number of aromatic nitrogens is 1. The molecule has 4 nitrogen and oxygen atoms in total. The van der Waals surface area contributed by atoms with Gasteiger partial charge in [-0.1, -0.05) is 0 Å². The first-order valence-electron chi connectivity index (χ1n) is 6.07. The Kier molecular flexibility index (Phi) is 4.50. The van der Waals surface area contributed by atoms with Gasteiger partial charge in [0.2, 0.25) is 0 Å². The maximum Gasteiger partial charge on any atom is 0.311 e. The summed E-state index contributed by atoms with van der Waals surface area (Å²) in [6.07, 6.45) is 3.00. The van der Waals surface area contributed by atoms with Gasteiger partial charge in [-0.15, -0.1) is 11.3 Å². The lowest BCUT2D eigenvalue weighted by Gasteiger charge is -2.00. The molecule has 1 N–H and O–H groups in total. The number of ether oxygens (including phenoxy) is 1. The Hall–Kier alpha value is -0.940. The van der Waals surface area contributed by atoms with E-state index in [0.29, 0.717) is 6.61 Å². The zero-order valence-corrected chi connectivity index (χ0v) is 10.9. The van der Waals surface area contributed by atoms with Gasteiger partial charge >= 0.3 is 5.97 Å². The summed E-state index contributed by atoms with van der Waals surface area (Å²) >= 11 is 1.60. The van der Waals surface area contributed by atoms with Crippen molar-refractivity contribution in [3.8, 4) is 0 Å². The molecule has 1 heterocycles. The Morgan fingerprint density at radius 3 is 3.18 bits per heavy atom. The van der Waals surface area contributed by atoms with Crippen molar-refractivity contribution in [3.63, 3.8) is 0 Å². The molecule has 0 saturated heterocycles. The van der Waals surface area contributed by atoms with E-state index in [-0.39, 0.29) is 12.4 Å². The number of nitrogens with zero attached hydrogens (tertiary/aromatic N) is 1. The number of carbonyl (C=O) groups excluding carboxylic acids is 1. The van der Waals surface area contributed by atoms with E-state index in [1.165, 1.54) is 12.8 Å². The highest BCUT2D eigenvalue weighted by Gasteiger charge is 2.20. The highest BCUT2D eigenvalue weighted by Crippen LogP contribution is 2.27. The minimum Gasteiger partial charge on any atom is -0.466 e. The van der Waals surface area contributed by atoms with Gasteiger partial charge in [0.05, 0.1) is 18.7 Å². The predicted octanol–water partition coefficient (Wildman–Crippen LogP) is 1.75. The molecule has 94 valence electrons. The number of rotatable bonds is 7. The molecular weight excluding hydrogens is 236 g/mol. The SMILES string of the molecule is CCOC(=O)Cc1csc(CNCC2CC2)n1. The Labute approximate surface area is 105 Å². The van der Waals surface area contributed by atoms with Crippen molar-refractivity contribution in [1.29, 1.82) is 0 Å². The van der Waals surface area contributed by atoms with Gasteiger partial charge in [0, 0.05) is 11.9 Å². The largest absolute Gasteiger partial charge is 0.466 e. The third-order valence-corrected chi connectivity index (χ3v) is 3.53. The summed E-state index contributed by atoms with van der Waals surface area (Å²) < 4.78 is 4.89. The number of esters is 1. The van der Waals surface area contributed by atoms with E-state index in [4.69, 9.17) is 4.74 Å². The summed E-state index contributed by atoms with van der Waals surface area (Å²) in [6, 6.07) is 0. The quantitative estimate of drug-likeness (QED) is 0.753. The Bertz CT molecular complexity index is 374. The molecule has 2 rings (SSSR count). The first-order chi connectivity index (χ1) is 8.28. The van der Waals surface area contributed by atoms with E-state index in [1.807, 2.05) is 12.3 Å². The second-order valence-corrected chi connectivity index (χ2v) is 5.23. The molecule has 0 amide bonds. The lowest BCUT2D eigenvalue weighted by molar-refractivity contribution is -0.142. The zero-order valence-electron chi connectivity index (χ0n) is 10.1. The predicted molar refractivity (Wildman–Crippen MR) is 66.9 cm³/mol. The Morgan fingerprint density at radius 1 is 1.65 bits per heavy atom. The number of nitrogens with one attached hydrogen (secondary N) is 1. The van der Waals surface area contributed by atoms with Crippen LogP contribution in [0, 0.1) is 5.92 Å². The van der Waals surface area contributed by atoms with Crippen LogP contribution in [0.4, 0.5) is 0 Å². The van der Waals surface area contributed by atoms with Crippen LogP contribution in [0.5, 0.6) is 0 Å². The van der Waals surface area contributed by atoms with Gasteiger partial charge in [-0.25, -0.2) is 4.98 Å². The summed E-state index contributed by atoms with van der Waals surface area (Å²) in [4.78, 5) is 15.7. The van der Waals surface area contributed by atoms with Crippen LogP contribution in [0.3, 0.4) is 0 Å². The molecule has 1 aliphatic carbocycles. The van der Waals surface area contributed by atoms with Crippen LogP contribution in [0.25, 0.3) is 0 Å². The lowest BCUT2D eigenvalue weighted by atomic mass is 10.3. The van der Waals surface area contributed by atoms with Crippen LogP contribution in [-0.2, 0) is 22.5 Å². The van der Waals surface area contributed by atoms with Crippen molar-refractivity contribution < 1.29 is 9.53 Å². The highest BCUT2D eigenvalue weighted by atomic mass is 32.1. The van der Waals surface area contributed by atoms with Gasteiger partial charge in [-0.3, -0.25) is 4.79 Å². The van der Waals surface area contributed by atoms with Gasteiger partial charge in [-0.05, 0) is 32.2 Å². The standard InChI is InChI=1S/C12H18N2O2S/c1-2-16-12(15)5-10-8-17-11(14-10)7-13-6-9-3-4-9/h8-9,13H,2-7H2,1H3. The zero-order chi connectivity index (χ0) is 12.1. The molecule has 5 heteroatoms. The highest BCUT2D eigenvalue weighted by molar-refractivity contribution is 7.09. The van der Waals surface area contributed by atoms with Crippen molar-refractivity contribution in [1.82, 2.24) is 10.3 Å². The molecule has 17 heavy (non-hydrogen) atoms. The smallest absolute Gasteiger partial charge is 0.311 e. The number of hydrogen-bond acceptors (Lipinski definition) is 5. The molecule has 0 atom stereocenters. The van der Waals surface area contributed by atoms with Crippen LogP contribution in [0.1, 0.15) is 30.5 Å². The molecule has 0 radical (unpaired) electrons. The molecule has 1 aromatic rings. The van der Waals surface area contributed by atoms with Gasteiger partial charge < -0.3 is 10.1 Å². The molecular formula is C12H18N2O2S. The van der Waals surface area contributed by atoms with Crippen molar-refractivity contribution in [2.75, 3.05) is 13.2 Å². The Balaban J connectivity index is 1.72. The lowest BCUT2D eigenvalue weighted by Crippen LogP contribution is -2.16. The molecule has 1 aliphatic rings. The average molecular weight is 254 g/mol. The summed E-state index contributed by atoms with van der Waals surface area (Å²) in [6.45, 7) is 4.14. The molecule has 0 aliphatic heterocycles. The van der Waals surface area contributed by atoms with Gasteiger partial charge in [-0.2, -0.15) is 0 Å². The van der Waals surface area contributed by atoms with Crippen molar-refractivity contribution in [2.45, 2.75) is 32.7 Å². The average Bonchev–Trinajstić information content (AvgIpc) is 3.00. The fourth-order valence-corrected chi connectivity index (χ4v) is 2.34. The minimum absolute atomic E-state index is 0.199. The van der Waals surface area contributed by atoms with Crippen molar-refractivity contribution in [2.24, 2.45) is 5.92 Å². The van der Waals surface area contributed by atoms with Gasteiger partial charge in [0.15, 0.2) is 0 Å². The maximum absolute atomic E-state index is 11.3. The second-order valence-electron chi connectivity index (χ2n) is 4.29. The Morgan fingerprint density at radius 2 is 2.47 bits per heavy atom. The number of carbonyl (C=O) groups is 1. The van der Waals surface area contributed by atoms with Crippen LogP contribution < -0.4 is 5.32 Å². The van der Waals surface area contributed by atoms with E-state index in [1.54, 1.807) is 11.3 Å². The van der Waals surface area contributed by atoms with E-state index in [9.17, 15) is 4.79 Å². The monoisotopic (exact) mass is 254 g/mol. The maximum atomic E-state index is 11.3. The molecule has 1 aromatic heterocycles. The van der Waals surface area contributed by atoms with E-state index in [2.05, 4.69) is 10.3 Å².